The summed E-state index contributed by atoms with van der Waals surface area (Å²) in [5.41, 5.74) is 0.388. The molecule has 0 aromatic carbocycles. The summed E-state index contributed by atoms with van der Waals surface area (Å²) in [4.78, 5) is 4.09. The Morgan fingerprint density at radius 1 is 1.67 bits per heavy atom. The third-order valence-electron chi connectivity index (χ3n) is 1.58. The highest BCUT2D eigenvalue weighted by Gasteiger charge is 2.08. The van der Waals surface area contributed by atoms with Gasteiger partial charge in [-0.25, -0.2) is 10.1 Å². The minimum absolute atomic E-state index is 0.376. The topological polar surface area (TPSA) is 41.5 Å². The van der Waals surface area contributed by atoms with Crippen molar-refractivity contribution < 1.29 is 9.84 Å². The second-order valence-corrected chi connectivity index (χ2v) is 3.21. The van der Waals surface area contributed by atoms with Gasteiger partial charge in [0.15, 0.2) is 5.70 Å². The molecular weight excluding hydrogens is 174 g/mol. The first-order chi connectivity index (χ1) is 5.81. The van der Waals surface area contributed by atoms with E-state index in [1.807, 2.05) is 11.4 Å². The van der Waals surface area contributed by atoms with Crippen LogP contribution in [0.25, 0.3) is 6.08 Å². The van der Waals surface area contributed by atoms with E-state index >= 15 is 0 Å². The molecule has 4 heteroatoms. The maximum Gasteiger partial charge on any atom is 0.356 e. The van der Waals surface area contributed by atoms with Crippen LogP contribution in [0, 0.1) is 0 Å². The van der Waals surface area contributed by atoms with Crippen LogP contribution in [0.4, 0.5) is 0 Å². The molecule has 1 aliphatic rings. The molecule has 0 amide bonds. The molecule has 0 bridgehead atoms. The van der Waals surface area contributed by atoms with Crippen LogP contribution in [0.2, 0.25) is 0 Å². The summed E-state index contributed by atoms with van der Waals surface area (Å²) in [7, 11) is 1.35. The predicted molar refractivity (Wildman–Crippen MR) is 44.3 cm³/mol. The molecule has 0 saturated carbocycles. The van der Waals surface area contributed by atoms with E-state index < -0.39 is 0 Å². The first-order valence-corrected chi connectivity index (χ1v) is 4.28. The fourth-order valence-electron chi connectivity index (χ4n) is 1.01. The molecule has 1 aliphatic heterocycles. The van der Waals surface area contributed by atoms with Crippen LogP contribution in [0.3, 0.4) is 0 Å². The standard InChI is InChI=1S/C8H6NO2S/c1-11-8(10)6-4-5-2-3-12-7(5)9-6/h2-4H,1H3. The Balaban J connectivity index is 2.60. The van der Waals surface area contributed by atoms with Crippen molar-refractivity contribution in [3.8, 4) is 0 Å². The zero-order chi connectivity index (χ0) is 8.55. The average molecular weight is 180 g/mol. The summed E-state index contributed by atoms with van der Waals surface area (Å²) in [5.74, 6) is -0.376. The van der Waals surface area contributed by atoms with Crippen molar-refractivity contribution in [2.24, 2.45) is 4.99 Å². The van der Waals surface area contributed by atoms with Gasteiger partial charge in [0.1, 0.15) is 4.67 Å². The summed E-state index contributed by atoms with van der Waals surface area (Å²) < 4.78 is 5.42. The van der Waals surface area contributed by atoms with Crippen LogP contribution in [0.1, 0.15) is 0 Å². The van der Waals surface area contributed by atoms with Crippen molar-refractivity contribution >= 4 is 17.4 Å². The highest BCUT2D eigenvalue weighted by molar-refractivity contribution is 7.07. The van der Waals surface area contributed by atoms with Crippen molar-refractivity contribution in [3.63, 3.8) is 0 Å². The van der Waals surface area contributed by atoms with Gasteiger partial charge in [0.25, 0.3) is 0 Å². The van der Waals surface area contributed by atoms with Gasteiger partial charge in [0.05, 0.1) is 7.11 Å². The number of allylic oxidation sites excluding steroid dienone is 1. The zero-order valence-electron chi connectivity index (χ0n) is 6.40. The normalized spacial score (nSPS) is 17.8. The Kier molecular flexibility index (Phi) is 1.62. The number of hydrogen-bond acceptors (Lipinski definition) is 3. The molecule has 0 unspecified atom stereocenters. The molecule has 0 spiro atoms. The minimum atomic E-state index is -0.376. The van der Waals surface area contributed by atoms with Crippen LogP contribution < -0.4 is 9.89 Å². The van der Waals surface area contributed by atoms with Gasteiger partial charge in [-0.1, -0.05) is 0 Å². The Hall–Kier alpha value is -1.29. The quantitative estimate of drug-likeness (QED) is 0.577. The smallest absolute Gasteiger partial charge is 0.356 e. The second-order valence-electron chi connectivity index (χ2n) is 2.31. The van der Waals surface area contributed by atoms with Crippen molar-refractivity contribution in [1.29, 1.82) is 0 Å². The number of hydrogen-bond donors (Lipinski definition) is 0. The number of rotatable bonds is 1. The van der Waals surface area contributed by atoms with E-state index in [9.17, 15) is 5.11 Å². The van der Waals surface area contributed by atoms with E-state index in [2.05, 4.69) is 9.73 Å². The van der Waals surface area contributed by atoms with Crippen molar-refractivity contribution in [1.82, 2.24) is 0 Å². The van der Waals surface area contributed by atoms with Gasteiger partial charge in [0.2, 0.25) is 0 Å². The summed E-state index contributed by atoms with van der Waals surface area (Å²) >= 11 is 1.52. The molecule has 0 atom stereocenters. The fourth-order valence-corrected chi connectivity index (χ4v) is 1.77. The Labute approximate surface area is 72.9 Å². The van der Waals surface area contributed by atoms with Crippen molar-refractivity contribution in [2.45, 2.75) is 0 Å². The molecule has 1 radical (unpaired) electrons. The minimum Gasteiger partial charge on any atom is -0.464 e. The first kappa shape index (κ1) is 7.36. The molecule has 12 heavy (non-hydrogen) atoms. The third-order valence-corrected chi connectivity index (χ3v) is 2.41. The van der Waals surface area contributed by atoms with Crippen molar-refractivity contribution in [2.75, 3.05) is 7.11 Å². The summed E-state index contributed by atoms with van der Waals surface area (Å²) in [6.07, 6.45) is 1.73. The van der Waals surface area contributed by atoms with Gasteiger partial charge in [0, 0.05) is 5.22 Å². The SMILES string of the molecule is COC([O])=C1C=c2ccsc2=N1. The van der Waals surface area contributed by atoms with E-state index in [1.54, 1.807) is 6.08 Å². The molecule has 61 valence electrons. The lowest BCUT2D eigenvalue weighted by molar-refractivity contribution is 0.0832. The Morgan fingerprint density at radius 3 is 3.17 bits per heavy atom. The van der Waals surface area contributed by atoms with E-state index in [-0.39, 0.29) is 5.95 Å². The van der Waals surface area contributed by atoms with Crippen LogP contribution in [0.15, 0.2) is 28.1 Å². The summed E-state index contributed by atoms with van der Waals surface area (Å²) in [6.45, 7) is 0. The molecule has 1 aromatic heterocycles. The third kappa shape index (κ3) is 1.00. The maximum atomic E-state index is 11.0. The lowest BCUT2D eigenvalue weighted by Crippen LogP contribution is -2.12. The van der Waals surface area contributed by atoms with E-state index in [0.717, 1.165) is 9.89 Å². The number of thiophene rings is 1. The van der Waals surface area contributed by atoms with E-state index in [1.165, 1.54) is 18.4 Å². The van der Waals surface area contributed by atoms with Gasteiger partial charge in [-0.3, -0.25) is 0 Å². The largest absolute Gasteiger partial charge is 0.464 e. The second kappa shape index (κ2) is 2.64. The number of fused-ring (bicyclic) bond motifs is 1. The summed E-state index contributed by atoms with van der Waals surface area (Å²) in [6, 6.07) is 1.93. The zero-order valence-corrected chi connectivity index (χ0v) is 7.22. The van der Waals surface area contributed by atoms with Crippen LogP contribution in [-0.2, 0) is 9.84 Å². The highest BCUT2D eigenvalue weighted by Crippen LogP contribution is 2.08. The fraction of sp³-hybridized carbons (Fsp3) is 0.125. The van der Waals surface area contributed by atoms with Gasteiger partial charge >= 0.3 is 5.95 Å². The van der Waals surface area contributed by atoms with Crippen LogP contribution in [0.5, 0.6) is 0 Å². The van der Waals surface area contributed by atoms with Crippen LogP contribution >= 0.6 is 11.3 Å². The van der Waals surface area contributed by atoms with Gasteiger partial charge in [-0.05, 0) is 17.5 Å². The molecule has 3 nitrogen and oxygen atoms in total. The van der Waals surface area contributed by atoms with Crippen LogP contribution in [-0.4, -0.2) is 7.11 Å². The Bertz CT molecular complexity index is 411. The van der Waals surface area contributed by atoms with Crippen molar-refractivity contribution in [3.05, 3.63) is 33.0 Å². The Morgan fingerprint density at radius 2 is 2.50 bits per heavy atom. The molecule has 0 N–H and O–H groups in total. The first-order valence-electron chi connectivity index (χ1n) is 3.40. The molecule has 0 fully saturated rings. The van der Waals surface area contributed by atoms with E-state index in [4.69, 9.17) is 0 Å². The molecule has 0 aliphatic carbocycles. The van der Waals surface area contributed by atoms with Gasteiger partial charge < -0.3 is 4.74 Å². The molecule has 1 aromatic rings. The molecule has 2 heterocycles. The average Bonchev–Trinajstić information content (AvgIpc) is 2.60. The lowest BCUT2D eigenvalue weighted by Gasteiger charge is -1.92. The molecule has 0 saturated heterocycles. The number of nitrogens with zero attached hydrogens (tertiary/aromatic N) is 1. The highest BCUT2D eigenvalue weighted by atomic mass is 32.1. The van der Waals surface area contributed by atoms with Gasteiger partial charge in [-0.2, -0.15) is 0 Å². The predicted octanol–water partition coefficient (Wildman–Crippen LogP) is 0.408. The molecule has 2 rings (SSSR count). The monoisotopic (exact) mass is 180 g/mol. The maximum absolute atomic E-state index is 11.0. The summed E-state index contributed by atoms with van der Waals surface area (Å²) in [5, 5.41) is 13.9. The number of ether oxygens (including phenoxy) is 1. The number of methoxy groups -OCH3 is 1. The lowest BCUT2D eigenvalue weighted by atomic mass is 10.4. The van der Waals surface area contributed by atoms with Gasteiger partial charge in [-0.15, -0.1) is 11.3 Å². The molecular formula is C8H6NO2S. The van der Waals surface area contributed by atoms with E-state index in [0.29, 0.717) is 5.70 Å².